The van der Waals surface area contributed by atoms with Crippen molar-refractivity contribution in [3.63, 3.8) is 0 Å². The van der Waals surface area contributed by atoms with Gasteiger partial charge in [0, 0.05) is 12.6 Å². The fourth-order valence-electron chi connectivity index (χ4n) is 2.13. The van der Waals surface area contributed by atoms with E-state index < -0.39 is 6.04 Å². The van der Waals surface area contributed by atoms with Crippen LogP contribution in [0.25, 0.3) is 0 Å². The zero-order valence-corrected chi connectivity index (χ0v) is 9.93. The number of hydrogen-bond donors (Lipinski definition) is 2. The maximum Gasteiger partial charge on any atom is 0.232 e. The number of benzene rings is 1. The average Bonchev–Trinajstić information content (AvgIpc) is 2.64. The quantitative estimate of drug-likeness (QED) is 0.835. The summed E-state index contributed by atoms with van der Waals surface area (Å²) in [5.41, 5.74) is 1.67. The fourth-order valence-corrected chi connectivity index (χ4v) is 2.13. The molecule has 0 aromatic heterocycles. The molecule has 92 valence electrons. The first-order valence-electron chi connectivity index (χ1n) is 5.68. The summed E-state index contributed by atoms with van der Waals surface area (Å²) >= 11 is 0. The van der Waals surface area contributed by atoms with E-state index in [1.165, 1.54) is 6.92 Å². The third kappa shape index (κ3) is 2.33. The van der Waals surface area contributed by atoms with Crippen LogP contribution < -0.4 is 10.6 Å². The molecule has 2 atom stereocenters. The van der Waals surface area contributed by atoms with Gasteiger partial charge in [0.25, 0.3) is 0 Å². The lowest BCUT2D eigenvalue weighted by Gasteiger charge is -2.14. The van der Waals surface area contributed by atoms with Crippen LogP contribution in [0.3, 0.4) is 0 Å². The van der Waals surface area contributed by atoms with Crippen LogP contribution in [0.15, 0.2) is 24.3 Å². The van der Waals surface area contributed by atoms with Gasteiger partial charge in [-0.25, -0.2) is 0 Å². The lowest BCUT2D eigenvalue weighted by Crippen LogP contribution is -2.34. The number of nitriles is 1. The summed E-state index contributed by atoms with van der Waals surface area (Å²) in [6, 6.07) is 8.74. The molecule has 1 unspecified atom stereocenters. The molecule has 5 heteroatoms. The van der Waals surface area contributed by atoms with Crippen molar-refractivity contribution < 1.29 is 9.59 Å². The van der Waals surface area contributed by atoms with Crippen molar-refractivity contribution in [2.75, 3.05) is 5.32 Å². The monoisotopic (exact) mass is 243 g/mol. The van der Waals surface area contributed by atoms with Crippen LogP contribution in [0.5, 0.6) is 0 Å². The highest BCUT2D eigenvalue weighted by atomic mass is 16.2. The lowest BCUT2D eigenvalue weighted by atomic mass is 9.94. The molecule has 1 aromatic carbocycles. The van der Waals surface area contributed by atoms with E-state index in [0.717, 1.165) is 11.3 Å². The molecule has 0 saturated heterocycles. The molecule has 1 heterocycles. The summed E-state index contributed by atoms with van der Waals surface area (Å²) in [5, 5.41) is 14.3. The Balaban J connectivity index is 2.17. The summed E-state index contributed by atoms with van der Waals surface area (Å²) in [6.45, 7) is 1.35. The molecule has 0 aliphatic carbocycles. The number of amides is 2. The molecule has 0 fully saturated rings. The SMILES string of the molecule is CC(=O)N[C@H](C#N)CC1C(=O)Nc2ccccc21. The van der Waals surface area contributed by atoms with Gasteiger partial charge in [0.2, 0.25) is 11.8 Å². The standard InChI is InChI=1S/C13H13N3O2/c1-8(17)15-9(7-14)6-11-10-4-2-3-5-12(10)16-13(11)18/h2-5,9,11H,6H2,1H3,(H,15,17)(H,16,18)/t9-,11?/m0/s1. The lowest BCUT2D eigenvalue weighted by molar-refractivity contribution is -0.120. The van der Waals surface area contributed by atoms with Gasteiger partial charge in [-0.1, -0.05) is 18.2 Å². The van der Waals surface area contributed by atoms with Gasteiger partial charge in [0.15, 0.2) is 0 Å². The minimum absolute atomic E-state index is 0.123. The largest absolute Gasteiger partial charge is 0.341 e. The average molecular weight is 243 g/mol. The van der Waals surface area contributed by atoms with Crippen LogP contribution in [0.2, 0.25) is 0 Å². The fraction of sp³-hybridized carbons (Fsp3) is 0.308. The molecular weight excluding hydrogens is 230 g/mol. The van der Waals surface area contributed by atoms with Crippen molar-refractivity contribution in [2.24, 2.45) is 0 Å². The van der Waals surface area contributed by atoms with E-state index in [9.17, 15) is 9.59 Å². The summed E-state index contributed by atoms with van der Waals surface area (Å²) in [6.07, 6.45) is 0.291. The van der Waals surface area contributed by atoms with E-state index in [2.05, 4.69) is 10.6 Å². The third-order valence-electron chi connectivity index (χ3n) is 2.92. The van der Waals surface area contributed by atoms with Crippen LogP contribution in [-0.4, -0.2) is 17.9 Å². The zero-order valence-electron chi connectivity index (χ0n) is 9.93. The van der Waals surface area contributed by atoms with Crippen molar-refractivity contribution in [2.45, 2.75) is 25.3 Å². The number of nitrogens with one attached hydrogen (secondary N) is 2. The van der Waals surface area contributed by atoms with Crippen molar-refractivity contribution in [3.05, 3.63) is 29.8 Å². The second kappa shape index (κ2) is 4.88. The summed E-state index contributed by atoms with van der Waals surface area (Å²) in [5.74, 6) is -0.771. The number of rotatable bonds is 3. The second-order valence-electron chi connectivity index (χ2n) is 4.25. The highest BCUT2D eigenvalue weighted by Crippen LogP contribution is 2.34. The van der Waals surface area contributed by atoms with Crippen LogP contribution in [0.4, 0.5) is 5.69 Å². The second-order valence-corrected chi connectivity index (χ2v) is 4.25. The highest BCUT2D eigenvalue weighted by Gasteiger charge is 2.32. The van der Waals surface area contributed by atoms with Crippen molar-refractivity contribution in [3.8, 4) is 6.07 Å². The van der Waals surface area contributed by atoms with Crippen LogP contribution >= 0.6 is 0 Å². The Kier molecular flexibility index (Phi) is 3.28. The van der Waals surface area contributed by atoms with Crippen LogP contribution in [-0.2, 0) is 9.59 Å². The van der Waals surface area contributed by atoms with Crippen molar-refractivity contribution >= 4 is 17.5 Å². The molecule has 2 amide bonds. The molecule has 1 aromatic rings. The number of para-hydroxylation sites is 1. The van der Waals surface area contributed by atoms with E-state index in [1.807, 2.05) is 30.3 Å². The Morgan fingerprint density at radius 3 is 2.94 bits per heavy atom. The van der Waals surface area contributed by atoms with E-state index in [-0.39, 0.29) is 17.7 Å². The summed E-state index contributed by atoms with van der Waals surface area (Å²) in [4.78, 5) is 22.8. The molecule has 0 saturated carbocycles. The van der Waals surface area contributed by atoms with E-state index in [1.54, 1.807) is 0 Å². The normalized spacial score (nSPS) is 18.4. The number of carbonyl (C=O) groups excluding carboxylic acids is 2. The molecule has 5 nitrogen and oxygen atoms in total. The minimum atomic E-state index is -0.649. The van der Waals surface area contributed by atoms with Crippen LogP contribution in [0.1, 0.15) is 24.8 Å². The van der Waals surface area contributed by atoms with Gasteiger partial charge in [-0.2, -0.15) is 5.26 Å². The maximum absolute atomic E-state index is 11.8. The van der Waals surface area contributed by atoms with Gasteiger partial charge in [-0.3, -0.25) is 9.59 Å². The molecule has 1 aliphatic rings. The summed E-state index contributed by atoms with van der Waals surface area (Å²) in [7, 11) is 0. The van der Waals surface area contributed by atoms with Gasteiger partial charge in [-0.05, 0) is 18.1 Å². The Bertz CT molecular complexity index is 533. The first kappa shape index (κ1) is 12.1. The van der Waals surface area contributed by atoms with Crippen molar-refractivity contribution in [1.82, 2.24) is 5.32 Å². The Morgan fingerprint density at radius 1 is 1.56 bits per heavy atom. The molecule has 18 heavy (non-hydrogen) atoms. The van der Waals surface area contributed by atoms with Crippen molar-refractivity contribution in [1.29, 1.82) is 5.26 Å². The van der Waals surface area contributed by atoms with E-state index >= 15 is 0 Å². The van der Waals surface area contributed by atoms with Crippen LogP contribution in [0, 0.1) is 11.3 Å². The predicted octanol–water partition coefficient (Wildman–Crippen LogP) is 1.14. The Hall–Kier alpha value is -2.35. The molecule has 2 rings (SSSR count). The number of fused-ring (bicyclic) bond motifs is 1. The summed E-state index contributed by atoms with van der Waals surface area (Å²) < 4.78 is 0. The first-order chi connectivity index (χ1) is 8.61. The topological polar surface area (TPSA) is 82.0 Å². The predicted molar refractivity (Wildman–Crippen MR) is 65.6 cm³/mol. The molecule has 0 bridgehead atoms. The van der Waals surface area contributed by atoms with E-state index in [0.29, 0.717) is 6.42 Å². The Morgan fingerprint density at radius 2 is 2.28 bits per heavy atom. The molecule has 0 radical (unpaired) electrons. The number of carbonyl (C=O) groups is 2. The smallest absolute Gasteiger partial charge is 0.232 e. The number of hydrogen-bond acceptors (Lipinski definition) is 3. The zero-order chi connectivity index (χ0) is 13.1. The van der Waals surface area contributed by atoms with E-state index in [4.69, 9.17) is 5.26 Å². The molecular formula is C13H13N3O2. The number of nitrogens with zero attached hydrogens (tertiary/aromatic N) is 1. The highest BCUT2D eigenvalue weighted by molar-refractivity contribution is 6.02. The first-order valence-corrected chi connectivity index (χ1v) is 5.68. The van der Waals surface area contributed by atoms with Gasteiger partial charge >= 0.3 is 0 Å². The van der Waals surface area contributed by atoms with Gasteiger partial charge in [0.05, 0.1) is 12.0 Å². The molecule has 1 aliphatic heterocycles. The molecule has 2 N–H and O–H groups in total. The third-order valence-corrected chi connectivity index (χ3v) is 2.92. The molecule has 0 spiro atoms. The maximum atomic E-state index is 11.8. The van der Waals surface area contributed by atoms with Gasteiger partial charge < -0.3 is 10.6 Å². The minimum Gasteiger partial charge on any atom is -0.341 e. The van der Waals surface area contributed by atoms with Gasteiger partial charge in [-0.15, -0.1) is 0 Å². The number of anilines is 1. The Labute approximate surface area is 105 Å². The van der Waals surface area contributed by atoms with Gasteiger partial charge in [0.1, 0.15) is 6.04 Å².